The first-order chi connectivity index (χ1) is 34.5. The molecule has 422 valence electrons. The number of nitrogens with zero attached hydrogens (tertiary/aromatic N) is 1. The second kappa shape index (κ2) is 53.6. The number of hydrogen-bond acceptors (Lipinski definition) is 8. The van der Waals surface area contributed by atoms with Crippen LogP contribution >= 0.6 is 7.82 Å². The van der Waals surface area contributed by atoms with Crippen molar-refractivity contribution in [1.29, 1.82) is 0 Å². The summed E-state index contributed by atoms with van der Waals surface area (Å²) in [5, 5.41) is 0. The summed E-state index contributed by atoms with van der Waals surface area (Å²) in [4.78, 5) is 37.7. The van der Waals surface area contributed by atoms with Crippen LogP contribution < -0.4 is 4.89 Å². The van der Waals surface area contributed by atoms with E-state index in [0.717, 1.165) is 57.8 Å². The highest BCUT2D eigenvalue weighted by Crippen LogP contribution is 2.38. The third kappa shape index (κ3) is 57.9. The van der Waals surface area contributed by atoms with Crippen LogP contribution in [0.25, 0.3) is 0 Å². The van der Waals surface area contributed by atoms with Crippen LogP contribution in [0.4, 0.5) is 0 Å². The van der Waals surface area contributed by atoms with Crippen LogP contribution in [0, 0.1) is 0 Å². The highest BCUT2D eigenvalue weighted by Gasteiger charge is 2.22. The number of hydrogen-bond donors (Lipinski definition) is 0. The molecule has 0 bridgehead atoms. The molecule has 0 aliphatic carbocycles. The summed E-state index contributed by atoms with van der Waals surface area (Å²) in [7, 11) is 1.18. The molecular formula is C61H120NO8P. The Morgan fingerprint density at radius 1 is 0.423 bits per heavy atom. The fourth-order valence-electron chi connectivity index (χ4n) is 9.23. The van der Waals surface area contributed by atoms with Gasteiger partial charge >= 0.3 is 11.9 Å². The number of ether oxygens (including phenoxy) is 2. The van der Waals surface area contributed by atoms with Gasteiger partial charge in [-0.3, -0.25) is 14.2 Å². The molecule has 0 saturated carbocycles. The van der Waals surface area contributed by atoms with Gasteiger partial charge in [-0.2, -0.15) is 0 Å². The van der Waals surface area contributed by atoms with Gasteiger partial charge in [0.2, 0.25) is 0 Å². The van der Waals surface area contributed by atoms with Crippen LogP contribution in [0.1, 0.15) is 316 Å². The first kappa shape index (κ1) is 69.8. The molecule has 0 radical (unpaired) electrons. The smallest absolute Gasteiger partial charge is 0.306 e. The van der Waals surface area contributed by atoms with E-state index >= 15 is 0 Å². The third-order valence-corrected chi connectivity index (χ3v) is 15.0. The molecule has 0 heterocycles. The molecule has 0 aromatic rings. The van der Waals surface area contributed by atoms with Crippen molar-refractivity contribution in [2.45, 2.75) is 322 Å². The van der Waals surface area contributed by atoms with Crippen LogP contribution in [-0.2, 0) is 32.7 Å². The molecule has 0 aliphatic rings. The van der Waals surface area contributed by atoms with E-state index in [-0.39, 0.29) is 32.0 Å². The Labute approximate surface area is 441 Å². The van der Waals surface area contributed by atoms with Crippen LogP contribution in [0.15, 0.2) is 12.2 Å². The minimum atomic E-state index is -4.63. The number of phosphoric ester groups is 1. The van der Waals surface area contributed by atoms with Crippen LogP contribution in [0.5, 0.6) is 0 Å². The number of allylic oxidation sites excluding steroid dienone is 2. The Bertz CT molecular complexity index is 1210. The zero-order valence-electron chi connectivity index (χ0n) is 48.0. The molecule has 9 nitrogen and oxygen atoms in total. The van der Waals surface area contributed by atoms with E-state index in [4.69, 9.17) is 18.5 Å². The SMILES string of the molecule is CCCC/C=C\CCCCCCCC(=O)OC(COC(=O)CCCCCCCCCCCCCCCCCCCCCCCCCCCCCCCCCCCCCC)COP(=O)([O-])OCC[N+](C)(C)C. The summed E-state index contributed by atoms with van der Waals surface area (Å²) >= 11 is 0. The Morgan fingerprint density at radius 2 is 0.732 bits per heavy atom. The minimum absolute atomic E-state index is 0.0291. The lowest BCUT2D eigenvalue weighted by Crippen LogP contribution is -2.37. The number of quaternary nitrogens is 1. The molecule has 2 unspecified atom stereocenters. The zero-order valence-corrected chi connectivity index (χ0v) is 48.8. The normalized spacial score (nSPS) is 13.3. The van der Waals surface area contributed by atoms with Gasteiger partial charge < -0.3 is 27.9 Å². The molecule has 0 N–H and O–H groups in total. The largest absolute Gasteiger partial charge is 0.756 e. The summed E-state index contributed by atoms with van der Waals surface area (Å²) in [6, 6.07) is 0. The highest BCUT2D eigenvalue weighted by atomic mass is 31.2. The van der Waals surface area contributed by atoms with Crippen molar-refractivity contribution in [1.82, 2.24) is 0 Å². The van der Waals surface area contributed by atoms with Gasteiger partial charge in [0.25, 0.3) is 7.82 Å². The quantitative estimate of drug-likeness (QED) is 0.0195. The summed E-state index contributed by atoms with van der Waals surface area (Å²) in [5.41, 5.74) is 0. The van der Waals surface area contributed by atoms with Gasteiger partial charge in [0, 0.05) is 12.8 Å². The number of likely N-dealkylation sites (N-methyl/N-ethyl adjacent to an activating group) is 1. The van der Waals surface area contributed by atoms with Gasteiger partial charge in [0.15, 0.2) is 6.10 Å². The second-order valence-electron chi connectivity index (χ2n) is 22.4. The number of esters is 2. The molecular weight excluding hydrogens is 906 g/mol. The van der Waals surface area contributed by atoms with Gasteiger partial charge in [-0.1, -0.05) is 283 Å². The zero-order chi connectivity index (χ0) is 52.0. The molecule has 71 heavy (non-hydrogen) atoms. The number of unbranched alkanes of at least 4 members (excludes halogenated alkanes) is 42. The van der Waals surface area contributed by atoms with E-state index in [1.54, 1.807) is 0 Å². The summed E-state index contributed by atoms with van der Waals surface area (Å²) in [6.45, 7) is 4.23. The van der Waals surface area contributed by atoms with Gasteiger partial charge in [-0.05, 0) is 32.1 Å². The van der Waals surface area contributed by atoms with Crippen LogP contribution in [0.2, 0.25) is 0 Å². The highest BCUT2D eigenvalue weighted by molar-refractivity contribution is 7.45. The van der Waals surface area contributed by atoms with Crippen molar-refractivity contribution in [3.8, 4) is 0 Å². The lowest BCUT2D eigenvalue weighted by atomic mass is 10.0. The van der Waals surface area contributed by atoms with Crippen molar-refractivity contribution in [2.75, 3.05) is 47.5 Å². The number of carbonyl (C=O) groups excluding carboxylic acids is 2. The molecule has 2 atom stereocenters. The molecule has 0 aromatic heterocycles. The van der Waals surface area contributed by atoms with E-state index < -0.39 is 26.5 Å². The van der Waals surface area contributed by atoms with Crippen molar-refractivity contribution in [2.24, 2.45) is 0 Å². The van der Waals surface area contributed by atoms with Gasteiger partial charge in [-0.25, -0.2) is 0 Å². The van der Waals surface area contributed by atoms with Gasteiger partial charge in [0.1, 0.15) is 19.8 Å². The second-order valence-corrected chi connectivity index (χ2v) is 23.8. The van der Waals surface area contributed by atoms with Crippen LogP contribution in [0.3, 0.4) is 0 Å². The molecule has 0 aromatic carbocycles. The van der Waals surface area contributed by atoms with Crippen molar-refractivity contribution in [3.63, 3.8) is 0 Å². The molecule has 0 amide bonds. The molecule has 0 saturated heterocycles. The molecule has 0 aliphatic heterocycles. The maximum Gasteiger partial charge on any atom is 0.306 e. The van der Waals surface area contributed by atoms with E-state index in [9.17, 15) is 19.0 Å². The van der Waals surface area contributed by atoms with E-state index in [2.05, 4.69) is 26.0 Å². The summed E-state index contributed by atoms with van der Waals surface area (Å²) < 4.78 is 34.0. The first-order valence-corrected chi connectivity index (χ1v) is 32.4. The van der Waals surface area contributed by atoms with Crippen molar-refractivity contribution in [3.05, 3.63) is 12.2 Å². The van der Waals surface area contributed by atoms with Crippen molar-refractivity contribution < 1.29 is 42.1 Å². The fourth-order valence-corrected chi connectivity index (χ4v) is 9.96. The minimum Gasteiger partial charge on any atom is -0.756 e. The van der Waals surface area contributed by atoms with Crippen LogP contribution in [-0.4, -0.2) is 70.0 Å². The van der Waals surface area contributed by atoms with Gasteiger partial charge in [0.05, 0.1) is 27.7 Å². The predicted octanol–water partition coefficient (Wildman–Crippen LogP) is 18.6. The Balaban J connectivity index is 3.82. The topological polar surface area (TPSA) is 111 Å². The maximum atomic E-state index is 12.7. The molecule has 0 rings (SSSR count). The molecule has 0 spiro atoms. The lowest BCUT2D eigenvalue weighted by Gasteiger charge is -2.28. The number of rotatable bonds is 58. The van der Waals surface area contributed by atoms with Gasteiger partial charge in [-0.15, -0.1) is 0 Å². The summed E-state index contributed by atoms with van der Waals surface area (Å²) in [5.74, 6) is -0.830. The average Bonchev–Trinajstić information content (AvgIpc) is 3.33. The Kier molecular flexibility index (Phi) is 52.6. The third-order valence-electron chi connectivity index (χ3n) is 14.0. The maximum absolute atomic E-state index is 12.7. The number of carbonyl (C=O) groups is 2. The standard InChI is InChI=1S/C61H120NO8P/c1-6-8-10-12-14-16-18-19-20-21-22-23-24-25-26-27-28-29-30-31-32-33-34-35-36-37-38-39-40-41-42-44-45-47-49-51-53-60(63)67-57-59(58-69-71(65,66)68-56-55-62(3,4)5)70-61(64)54-52-50-48-46-43-17-15-13-11-9-7-2/h13,15,59H,6-12,14,16-58H2,1-5H3/b15-13-. The Morgan fingerprint density at radius 3 is 1.08 bits per heavy atom. The predicted molar refractivity (Wildman–Crippen MR) is 301 cm³/mol. The fraction of sp³-hybridized carbons (Fsp3) is 0.934. The monoisotopic (exact) mass is 1030 g/mol. The number of phosphoric acid groups is 1. The molecule has 0 fully saturated rings. The van der Waals surface area contributed by atoms with E-state index in [1.807, 2.05) is 21.1 Å². The average molecular weight is 1030 g/mol. The van der Waals surface area contributed by atoms with E-state index in [1.165, 1.54) is 225 Å². The Hall–Kier alpha value is -1.25. The first-order valence-electron chi connectivity index (χ1n) is 30.9. The summed E-state index contributed by atoms with van der Waals surface area (Å²) in [6.07, 6.45) is 63.2. The van der Waals surface area contributed by atoms with Crippen molar-refractivity contribution >= 4 is 19.8 Å². The lowest BCUT2D eigenvalue weighted by molar-refractivity contribution is -0.870. The molecule has 10 heteroatoms. The van der Waals surface area contributed by atoms with E-state index in [0.29, 0.717) is 17.4 Å².